The van der Waals surface area contributed by atoms with Gasteiger partial charge in [-0.3, -0.25) is 4.57 Å². The van der Waals surface area contributed by atoms with E-state index in [1.54, 1.807) is 0 Å². The van der Waals surface area contributed by atoms with Gasteiger partial charge in [-0.05, 0) is 0 Å². The number of alkyl halides is 3. The number of halogens is 4. The maximum Gasteiger partial charge on any atom is 1.00 e. The zero-order valence-electron chi connectivity index (χ0n) is 5.39. The van der Waals surface area contributed by atoms with Gasteiger partial charge in [0.05, 0.1) is 0 Å². The Bertz CT molecular complexity index is 152. The van der Waals surface area contributed by atoms with Crippen LogP contribution in [0.4, 0.5) is 17.4 Å². The maximum absolute atomic E-state index is 11.2. The minimum atomic E-state index is -5.73. The molecule has 1 unspecified atom stereocenters. The minimum absolute atomic E-state index is 0. The molecular weight excluding hydrogens is 218 g/mol. The van der Waals surface area contributed by atoms with Crippen molar-refractivity contribution >= 4 is 7.91 Å². The first kappa shape index (κ1) is 15.0. The van der Waals surface area contributed by atoms with Gasteiger partial charge in [0.2, 0.25) is 0 Å². The van der Waals surface area contributed by atoms with E-state index in [0.717, 1.165) is 0 Å². The molecule has 0 radical (unpaired) electrons. The van der Waals surface area contributed by atoms with Gasteiger partial charge in [0.25, 0.3) is 0 Å². The molecule has 0 aromatic carbocycles. The second-order valence-electron chi connectivity index (χ2n) is 1.32. The summed E-state index contributed by atoms with van der Waals surface area (Å²) in [5, 5.41) is 0. The Balaban J connectivity index is 0. The minimum Gasteiger partial charge on any atom is -0.753 e. The topological polar surface area (TPSA) is 49.4 Å². The SMILES string of the molecule is O=P([O-])(F)OCC(F)(F)F.[K+]. The van der Waals surface area contributed by atoms with Crippen molar-refractivity contribution < 1.29 is 82.7 Å². The van der Waals surface area contributed by atoms with E-state index in [-0.39, 0.29) is 51.4 Å². The summed E-state index contributed by atoms with van der Waals surface area (Å²) in [5.74, 6) is 0. The van der Waals surface area contributed by atoms with Crippen molar-refractivity contribution in [1.82, 2.24) is 0 Å². The van der Waals surface area contributed by atoms with Gasteiger partial charge in [0.15, 0.2) is 6.61 Å². The first-order chi connectivity index (χ1) is 4.21. The quantitative estimate of drug-likeness (QED) is 0.307. The van der Waals surface area contributed by atoms with Gasteiger partial charge in [0.1, 0.15) is 0 Å². The Morgan fingerprint density at radius 3 is 1.91 bits per heavy atom. The molecule has 0 heterocycles. The van der Waals surface area contributed by atoms with Crippen LogP contribution in [0.5, 0.6) is 0 Å². The molecule has 9 heteroatoms. The van der Waals surface area contributed by atoms with Crippen LogP contribution in [0.15, 0.2) is 0 Å². The molecule has 11 heavy (non-hydrogen) atoms. The summed E-state index contributed by atoms with van der Waals surface area (Å²) in [6.07, 6.45) is -4.83. The second kappa shape index (κ2) is 5.28. The fraction of sp³-hybridized carbons (Fsp3) is 1.00. The van der Waals surface area contributed by atoms with E-state index in [4.69, 9.17) is 0 Å². The smallest absolute Gasteiger partial charge is 0.753 e. The zero-order chi connectivity index (χ0) is 8.41. The third-order valence-electron chi connectivity index (χ3n) is 0.382. The van der Waals surface area contributed by atoms with Gasteiger partial charge >= 0.3 is 65.5 Å². The van der Waals surface area contributed by atoms with Crippen LogP contribution in [0.1, 0.15) is 0 Å². The summed E-state index contributed by atoms with van der Waals surface area (Å²) in [4.78, 5) is 9.32. The van der Waals surface area contributed by atoms with Crippen LogP contribution in [0.2, 0.25) is 0 Å². The maximum atomic E-state index is 11.2. The Labute approximate surface area is 102 Å². The van der Waals surface area contributed by atoms with Gasteiger partial charge in [-0.1, -0.05) is 0 Å². The molecule has 3 nitrogen and oxygen atoms in total. The molecule has 0 aliphatic heterocycles. The molecule has 0 rings (SSSR count). The van der Waals surface area contributed by atoms with E-state index >= 15 is 0 Å². The number of rotatable bonds is 2. The Morgan fingerprint density at radius 1 is 1.45 bits per heavy atom. The molecule has 0 saturated carbocycles. The van der Waals surface area contributed by atoms with E-state index in [1.807, 2.05) is 0 Å². The van der Waals surface area contributed by atoms with Gasteiger partial charge in [-0.2, -0.15) is 17.4 Å². The van der Waals surface area contributed by atoms with Gasteiger partial charge in [0, 0.05) is 0 Å². The van der Waals surface area contributed by atoms with Gasteiger partial charge < -0.3 is 9.42 Å². The standard InChI is InChI=1S/C2H3F4O3P.K/c3-2(4,5)1-9-10(6,7)8;/h1H2,(H,7,8);/q;+1/p-1. The van der Waals surface area contributed by atoms with Crippen molar-refractivity contribution in [3.63, 3.8) is 0 Å². The molecule has 0 aromatic rings. The fourth-order valence-electron chi connectivity index (χ4n) is 0.150. The summed E-state index contributed by atoms with van der Waals surface area (Å²) in [6, 6.07) is 0. The molecule has 0 aromatic heterocycles. The fourth-order valence-corrected chi connectivity index (χ4v) is 0.451. The van der Waals surface area contributed by atoms with Crippen LogP contribution in [-0.4, -0.2) is 12.8 Å². The zero-order valence-corrected chi connectivity index (χ0v) is 9.41. The van der Waals surface area contributed by atoms with Crippen molar-refractivity contribution in [3.05, 3.63) is 0 Å². The third-order valence-corrected chi connectivity index (χ3v) is 0.820. The average molecular weight is 220 g/mol. The molecule has 0 bridgehead atoms. The molecular formula is C2H2F4KO3P. The van der Waals surface area contributed by atoms with Crippen LogP contribution >= 0.6 is 7.91 Å². The van der Waals surface area contributed by atoms with E-state index in [1.165, 1.54) is 0 Å². The average Bonchev–Trinajstić information content (AvgIpc) is 1.57. The van der Waals surface area contributed by atoms with E-state index in [9.17, 15) is 26.8 Å². The monoisotopic (exact) mass is 220 g/mol. The van der Waals surface area contributed by atoms with Crippen molar-refractivity contribution in [2.24, 2.45) is 0 Å². The van der Waals surface area contributed by atoms with Gasteiger partial charge in [-0.25, -0.2) is 0 Å². The second-order valence-corrected chi connectivity index (χ2v) is 2.44. The van der Waals surface area contributed by atoms with Crippen molar-refractivity contribution in [2.45, 2.75) is 6.18 Å². The number of hydrogen-bond acceptors (Lipinski definition) is 3. The van der Waals surface area contributed by atoms with Gasteiger partial charge in [-0.15, -0.1) is 0 Å². The molecule has 0 fully saturated rings. The predicted molar refractivity (Wildman–Crippen MR) is 20.7 cm³/mol. The molecule has 0 aliphatic carbocycles. The van der Waals surface area contributed by atoms with Crippen LogP contribution in [0.3, 0.4) is 0 Å². The third kappa shape index (κ3) is 14.4. The summed E-state index contributed by atoms with van der Waals surface area (Å²) < 4.78 is 56.4. The Hall–Kier alpha value is 1.51. The van der Waals surface area contributed by atoms with Crippen molar-refractivity contribution in [2.75, 3.05) is 6.61 Å². The van der Waals surface area contributed by atoms with Crippen molar-refractivity contribution in [3.8, 4) is 0 Å². The number of hydrogen-bond donors (Lipinski definition) is 0. The molecule has 0 N–H and O–H groups in total. The Kier molecular flexibility index (Phi) is 7.20. The molecule has 0 spiro atoms. The largest absolute Gasteiger partial charge is 1.00 e. The van der Waals surface area contributed by atoms with Crippen LogP contribution in [0.25, 0.3) is 0 Å². The molecule has 0 amide bonds. The Morgan fingerprint density at radius 2 is 1.82 bits per heavy atom. The van der Waals surface area contributed by atoms with Crippen molar-refractivity contribution in [1.29, 1.82) is 0 Å². The normalized spacial score (nSPS) is 16.8. The first-order valence-corrected chi connectivity index (χ1v) is 3.36. The van der Waals surface area contributed by atoms with E-state index < -0.39 is 20.7 Å². The van der Waals surface area contributed by atoms with Crippen LogP contribution < -0.4 is 56.3 Å². The molecule has 62 valence electrons. The first-order valence-electron chi connectivity index (χ1n) is 1.93. The van der Waals surface area contributed by atoms with E-state index in [2.05, 4.69) is 4.52 Å². The van der Waals surface area contributed by atoms with Crippen LogP contribution in [-0.2, 0) is 9.09 Å². The predicted octanol–water partition coefficient (Wildman–Crippen LogP) is -1.99. The summed E-state index contributed by atoms with van der Waals surface area (Å²) in [6.45, 7) is -2.12. The summed E-state index contributed by atoms with van der Waals surface area (Å²) in [7, 11) is -5.73. The molecule has 0 saturated heterocycles. The van der Waals surface area contributed by atoms with Crippen LogP contribution in [0, 0.1) is 0 Å². The molecule has 0 aliphatic rings. The van der Waals surface area contributed by atoms with E-state index in [0.29, 0.717) is 0 Å². The summed E-state index contributed by atoms with van der Waals surface area (Å²) >= 11 is 0. The summed E-state index contributed by atoms with van der Waals surface area (Å²) in [5.41, 5.74) is 0. The molecule has 1 atom stereocenters.